The number of hydrogen-bond acceptors (Lipinski definition) is 2. The lowest BCUT2D eigenvalue weighted by atomic mass is 9.94. The van der Waals surface area contributed by atoms with Crippen molar-refractivity contribution in [2.24, 2.45) is 5.73 Å². The van der Waals surface area contributed by atoms with E-state index in [0.29, 0.717) is 6.54 Å². The topological polar surface area (TPSA) is 38.0 Å². The standard InChI is InChI=1S/C13H15ClN2/c1-9-5-11(7-13(8-15)16-9)10-3-2-4-12(14)6-10/h2-7,11,16H,8,15H2,1H3. The van der Waals surface area contributed by atoms with Gasteiger partial charge in [-0.25, -0.2) is 0 Å². The number of benzene rings is 1. The minimum Gasteiger partial charge on any atom is -0.362 e. The second-order valence-electron chi connectivity index (χ2n) is 3.95. The summed E-state index contributed by atoms with van der Waals surface area (Å²) in [5.41, 5.74) is 9.04. The smallest absolute Gasteiger partial charge is 0.0409 e. The maximum absolute atomic E-state index is 5.99. The predicted molar refractivity (Wildman–Crippen MR) is 68.2 cm³/mol. The summed E-state index contributed by atoms with van der Waals surface area (Å²) in [6, 6.07) is 7.93. The van der Waals surface area contributed by atoms with Crippen LogP contribution in [0.25, 0.3) is 0 Å². The maximum Gasteiger partial charge on any atom is 0.0409 e. The molecule has 2 nitrogen and oxygen atoms in total. The van der Waals surface area contributed by atoms with E-state index in [1.165, 1.54) is 5.56 Å². The molecule has 1 unspecified atom stereocenters. The molecule has 0 amide bonds. The molecule has 1 aromatic rings. The lowest BCUT2D eigenvalue weighted by molar-refractivity contribution is 0.838. The number of nitrogens with two attached hydrogens (primary N) is 1. The van der Waals surface area contributed by atoms with Crippen molar-refractivity contribution < 1.29 is 0 Å². The molecule has 1 heterocycles. The molecule has 0 spiro atoms. The Labute approximate surface area is 101 Å². The minimum absolute atomic E-state index is 0.262. The van der Waals surface area contributed by atoms with Gasteiger partial charge in [0.2, 0.25) is 0 Å². The van der Waals surface area contributed by atoms with Crippen molar-refractivity contribution in [2.45, 2.75) is 12.8 Å². The quantitative estimate of drug-likeness (QED) is 0.826. The molecule has 0 saturated heterocycles. The van der Waals surface area contributed by atoms with Gasteiger partial charge in [-0.05, 0) is 24.6 Å². The second kappa shape index (κ2) is 4.73. The summed E-state index contributed by atoms with van der Waals surface area (Å²) in [4.78, 5) is 0. The van der Waals surface area contributed by atoms with Crippen LogP contribution in [0.5, 0.6) is 0 Å². The van der Waals surface area contributed by atoms with Crippen LogP contribution in [-0.2, 0) is 0 Å². The molecular weight excluding hydrogens is 220 g/mol. The summed E-state index contributed by atoms with van der Waals surface area (Å²) in [5.74, 6) is 0.262. The van der Waals surface area contributed by atoms with Gasteiger partial charge >= 0.3 is 0 Å². The molecule has 3 heteroatoms. The van der Waals surface area contributed by atoms with E-state index in [9.17, 15) is 0 Å². The highest BCUT2D eigenvalue weighted by Gasteiger charge is 2.12. The molecule has 1 aromatic carbocycles. The molecule has 0 aromatic heterocycles. The monoisotopic (exact) mass is 234 g/mol. The fourth-order valence-electron chi connectivity index (χ4n) is 1.90. The SMILES string of the molecule is CC1=CC(c2cccc(Cl)c2)C=C(CN)N1. The molecule has 0 fully saturated rings. The molecule has 16 heavy (non-hydrogen) atoms. The normalized spacial score (nSPS) is 19.8. The molecule has 0 saturated carbocycles. The molecule has 1 atom stereocenters. The number of allylic oxidation sites excluding steroid dienone is 3. The molecule has 0 bridgehead atoms. The highest BCUT2D eigenvalue weighted by atomic mass is 35.5. The van der Waals surface area contributed by atoms with Crippen LogP contribution in [0, 0.1) is 0 Å². The Morgan fingerprint density at radius 1 is 1.38 bits per heavy atom. The summed E-state index contributed by atoms with van der Waals surface area (Å²) in [7, 11) is 0. The molecule has 3 N–H and O–H groups in total. The number of halogens is 1. The number of hydrogen-bond donors (Lipinski definition) is 2. The summed E-state index contributed by atoms with van der Waals surface area (Å²) < 4.78 is 0. The number of nitrogens with one attached hydrogen (secondary N) is 1. The van der Waals surface area contributed by atoms with Crippen molar-refractivity contribution in [1.29, 1.82) is 0 Å². The first-order valence-electron chi connectivity index (χ1n) is 5.30. The Bertz CT molecular complexity index is 449. The van der Waals surface area contributed by atoms with Crippen molar-refractivity contribution in [3.63, 3.8) is 0 Å². The van der Waals surface area contributed by atoms with Crippen LogP contribution in [0.2, 0.25) is 5.02 Å². The van der Waals surface area contributed by atoms with Crippen molar-refractivity contribution in [3.05, 3.63) is 58.4 Å². The third-order valence-electron chi connectivity index (χ3n) is 2.62. The van der Waals surface area contributed by atoms with Gasteiger partial charge in [0.25, 0.3) is 0 Å². The molecule has 84 valence electrons. The third-order valence-corrected chi connectivity index (χ3v) is 2.86. The zero-order valence-corrected chi connectivity index (χ0v) is 9.96. The first-order valence-corrected chi connectivity index (χ1v) is 5.68. The van der Waals surface area contributed by atoms with E-state index in [0.717, 1.165) is 16.4 Å². The van der Waals surface area contributed by atoms with Crippen LogP contribution in [-0.4, -0.2) is 6.54 Å². The van der Waals surface area contributed by atoms with Gasteiger partial charge in [-0.15, -0.1) is 0 Å². The van der Waals surface area contributed by atoms with Gasteiger partial charge < -0.3 is 11.1 Å². The van der Waals surface area contributed by atoms with E-state index in [4.69, 9.17) is 17.3 Å². The van der Waals surface area contributed by atoms with Gasteiger partial charge in [-0.2, -0.15) is 0 Å². The summed E-state index contributed by atoms with van der Waals surface area (Å²) in [6.45, 7) is 2.57. The Morgan fingerprint density at radius 2 is 2.19 bits per heavy atom. The molecule has 1 aliphatic heterocycles. The molecular formula is C13H15ClN2. The van der Waals surface area contributed by atoms with Gasteiger partial charge in [-0.1, -0.05) is 35.9 Å². The molecule has 1 aliphatic rings. The van der Waals surface area contributed by atoms with Crippen molar-refractivity contribution in [2.75, 3.05) is 6.54 Å². The van der Waals surface area contributed by atoms with E-state index in [2.05, 4.69) is 23.5 Å². The van der Waals surface area contributed by atoms with E-state index < -0.39 is 0 Å². The highest BCUT2D eigenvalue weighted by molar-refractivity contribution is 6.30. The van der Waals surface area contributed by atoms with Crippen LogP contribution in [0.15, 0.2) is 47.8 Å². The fourth-order valence-corrected chi connectivity index (χ4v) is 2.09. The van der Waals surface area contributed by atoms with Crippen molar-refractivity contribution in [1.82, 2.24) is 5.32 Å². The fraction of sp³-hybridized carbons (Fsp3) is 0.231. The lowest BCUT2D eigenvalue weighted by Crippen LogP contribution is -2.22. The van der Waals surface area contributed by atoms with Gasteiger partial charge in [0.05, 0.1) is 0 Å². The highest BCUT2D eigenvalue weighted by Crippen LogP contribution is 2.26. The van der Waals surface area contributed by atoms with Gasteiger partial charge in [0, 0.05) is 28.9 Å². The molecule has 0 radical (unpaired) electrons. The lowest BCUT2D eigenvalue weighted by Gasteiger charge is -2.20. The Hall–Kier alpha value is -1.25. The predicted octanol–water partition coefficient (Wildman–Crippen LogP) is 2.77. The maximum atomic E-state index is 5.99. The zero-order valence-electron chi connectivity index (χ0n) is 9.20. The first-order chi connectivity index (χ1) is 7.69. The van der Waals surface area contributed by atoms with Crippen LogP contribution < -0.4 is 11.1 Å². The van der Waals surface area contributed by atoms with Crippen LogP contribution >= 0.6 is 11.6 Å². The van der Waals surface area contributed by atoms with Gasteiger partial charge in [-0.3, -0.25) is 0 Å². The molecule has 0 aliphatic carbocycles. The van der Waals surface area contributed by atoms with E-state index in [1.807, 2.05) is 25.1 Å². The van der Waals surface area contributed by atoms with Gasteiger partial charge in [0.1, 0.15) is 0 Å². The summed E-state index contributed by atoms with van der Waals surface area (Å²) in [6.07, 6.45) is 4.31. The number of rotatable bonds is 2. The van der Waals surface area contributed by atoms with E-state index >= 15 is 0 Å². The largest absolute Gasteiger partial charge is 0.362 e. The Balaban J connectivity index is 2.33. The summed E-state index contributed by atoms with van der Waals surface area (Å²) >= 11 is 5.99. The third kappa shape index (κ3) is 2.46. The average Bonchev–Trinajstić information content (AvgIpc) is 2.28. The van der Waals surface area contributed by atoms with Gasteiger partial charge in [0.15, 0.2) is 0 Å². The Kier molecular flexibility index (Phi) is 3.32. The van der Waals surface area contributed by atoms with Crippen LogP contribution in [0.3, 0.4) is 0 Å². The zero-order chi connectivity index (χ0) is 11.5. The Morgan fingerprint density at radius 3 is 2.88 bits per heavy atom. The summed E-state index contributed by atoms with van der Waals surface area (Å²) in [5, 5.41) is 4.01. The van der Waals surface area contributed by atoms with E-state index in [1.54, 1.807) is 0 Å². The van der Waals surface area contributed by atoms with Crippen molar-refractivity contribution >= 4 is 11.6 Å². The number of dihydropyridines is 1. The second-order valence-corrected chi connectivity index (χ2v) is 4.39. The van der Waals surface area contributed by atoms with Crippen molar-refractivity contribution in [3.8, 4) is 0 Å². The molecule has 2 rings (SSSR count). The minimum atomic E-state index is 0.262. The average molecular weight is 235 g/mol. The van der Waals surface area contributed by atoms with E-state index in [-0.39, 0.29) is 5.92 Å². The van der Waals surface area contributed by atoms with Crippen LogP contribution in [0.1, 0.15) is 18.4 Å². The first kappa shape index (κ1) is 11.2. The van der Waals surface area contributed by atoms with Crippen LogP contribution in [0.4, 0.5) is 0 Å².